The molecule has 1 atom stereocenters. The van der Waals surface area contributed by atoms with Crippen LogP contribution in [-0.4, -0.2) is 23.3 Å². The fourth-order valence-electron chi connectivity index (χ4n) is 2.08. The van der Waals surface area contributed by atoms with Crippen LogP contribution in [-0.2, 0) is 24.1 Å². The lowest BCUT2D eigenvalue weighted by molar-refractivity contribution is -0.138. The third-order valence-electron chi connectivity index (χ3n) is 3.40. The van der Waals surface area contributed by atoms with Crippen LogP contribution >= 0.6 is 0 Å². The molecule has 0 N–H and O–H groups in total. The number of ether oxygens (including phenoxy) is 1. The second kappa shape index (κ2) is 8.60. The largest absolute Gasteiger partial charge is 0.463 e. The molecule has 0 fully saturated rings. The van der Waals surface area contributed by atoms with Crippen molar-refractivity contribution in [2.24, 2.45) is 4.36 Å². The predicted molar refractivity (Wildman–Crippen MR) is 96.6 cm³/mol. The Kier molecular flexibility index (Phi) is 6.50. The van der Waals surface area contributed by atoms with Crippen molar-refractivity contribution in [1.29, 1.82) is 0 Å². The average molecular weight is 358 g/mol. The van der Waals surface area contributed by atoms with Gasteiger partial charge in [-0.15, -0.1) is 4.55 Å². The van der Waals surface area contributed by atoms with Gasteiger partial charge in [0.25, 0.3) is 0 Å². The molecular formula is C19H20NO4S. The van der Waals surface area contributed by atoms with E-state index in [-0.39, 0.29) is 23.6 Å². The summed E-state index contributed by atoms with van der Waals surface area (Å²) in [5, 5.41) is 0. The first kappa shape index (κ1) is 18.9. The highest BCUT2D eigenvalue weighted by atomic mass is 32.2. The number of benzene rings is 2. The van der Waals surface area contributed by atoms with Gasteiger partial charge in [0.2, 0.25) is 10.0 Å². The minimum Gasteiger partial charge on any atom is -0.463 e. The van der Waals surface area contributed by atoms with Crippen LogP contribution in [0.2, 0.25) is 0 Å². The predicted octanol–water partition coefficient (Wildman–Crippen LogP) is 3.81. The number of hydrogen-bond donors (Lipinski definition) is 0. The van der Waals surface area contributed by atoms with E-state index in [1.807, 2.05) is 37.3 Å². The van der Waals surface area contributed by atoms with Crippen molar-refractivity contribution in [2.75, 3.05) is 13.2 Å². The molecule has 0 aliphatic rings. The first-order valence-corrected chi connectivity index (χ1v) is 9.29. The molecule has 0 saturated heterocycles. The summed E-state index contributed by atoms with van der Waals surface area (Å²) < 4.78 is 33.4. The summed E-state index contributed by atoms with van der Waals surface area (Å²) >= 11 is 0. The van der Waals surface area contributed by atoms with Crippen molar-refractivity contribution in [2.45, 2.75) is 18.7 Å². The van der Waals surface area contributed by atoms with Gasteiger partial charge in [-0.2, -0.15) is 0 Å². The fourth-order valence-corrected chi connectivity index (χ4v) is 3.02. The van der Waals surface area contributed by atoms with E-state index in [1.54, 1.807) is 25.1 Å². The SMILES string of the molecule is CCOC(=O)/C(=C\c1ccccc1)CN=S([O])(=O)c1ccc(C)cc1. The Hall–Kier alpha value is -2.44. The standard InChI is InChI=1S/C19H20NO4S/c1-3-24-19(21)17(13-16-7-5-4-6-8-16)14-20-25(22,23)18-11-9-15(2)10-12-18/h4-13H,3,14H2,1-2H3/b17-13-. The molecule has 5 nitrogen and oxygen atoms in total. The quantitative estimate of drug-likeness (QED) is 0.582. The van der Waals surface area contributed by atoms with Gasteiger partial charge in [-0.1, -0.05) is 48.0 Å². The molecule has 2 aromatic carbocycles. The number of rotatable bonds is 6. The lowest BCUT2D eigenvalue weighted by Crippen LogP contribution is -2.11. The van der Waals surface area contributed by atoms with Crippen LogP contribution in [0.3, 0.4) is 0 Å². The average Bonchev–Trinajstić information content (AvgIpc) is 2.60. The molecule has 2 aromatic rings. The van der Waals surface area contributed by atoms with Gasteiger partial charge in [0.1, 0.15) is 0 Å². The van der Waals surface area contributed by atoms with Crippen LogP contribution in [0.4, 0.5) is 0 Å². The zero-order valence-corrected chi connectivity index (χ0v) is 15.0. The maximum absolute atomic E-state index is 12.3. The van der Waals surface area contributed by atoms with E-state index in [9.17, 15) is 13.6 Å². The monoisotopic (exact) mass is 358 g/mol. The lowest BCUT2D eigenvalue weighted by atomic mass is 10.1. The molecule has 1 radical (unpaired) electrons. The van der Waals surface area contributed by atoms with Crippen molar-refractivity contribution < 1.29 is 18.3 Å². The molecule has 1 unspecified atom stereocenters. The topological polar surface area (TPSA) is 75.6 Å². The fraction of sp³-hybridized carbons (Fsp3) is 0.211. The Morgan fingerprint density at radius 3 is 2.36 bits per heavy atom. The number of aryl methyl sites for hydroxylation is 1. The van der Waals surface area contributed by atoms with Crippen LogP contribution in [0, 0.1) is 6.92 Å². The second-order valence-electron chi connectivity index (χ2n) is 5.38. The Bertz CT molecular complexity index is 864. The van der Waals surface area contributed by atoms with E-state index in [4.69, 9.17) is 4.74 Å². The van der Waals surface area contributed by atoms with Crippen molar-refractivity contribution in [1.82, 2.24) is 0 Å². The summed E-state index contributed by atoms with van der Waals surface area (Å²) in [6, 6.07) is 15.5. The van der Waals surface area contributed by atoms with Gasteiger partial charge in [-0.3, -0.25) is 0 Å². The number of hydrogen-bond acceptors (Lipinski definition) is 4. The number of carbonyl (C=O) groups excluding carboxylic acids is 1. The van der Waals surface area contributed by atoms with Gasteiger partial charge in [-0.25, -0.2) is 13.4 Å². The number of esters is 1. The highest BCUT2D eigenvalue weighted by molar-refractivity contribution is 7.87. The first-order valence-electron chi connectivity index (χ1n) is 7.85. The molecule has 0 amide bonds. The van der Waals surface area contributed by atoms with E-state index in [1.165, 1.54) is 12.1 Å². The molecule has 131 valence electrons. The molecular weight excluding hydrogens is 338 g/mol. The summed E-state index contributed by atoms with van der Waals surface area (Å²) in [5.74, 6) is -0.575. The molecule has 2 rings (SSSR count). The third-order valence-corrected chi connectivity index (χ3v) is 4.74. The normalized spacial score (nSPS) is 13.8. The summed E-state index contributed by atoms with van der Waals surface area (Å²) in [7, 11) is -3.84. The lowest BCUT2D eigenvalue weighted by Gasteiger charge is -2.06. The molecule has 0 saturated carbocycles. The van der Waals surface area contributed by atoms with Crippen LogP contribution in [0.1, 0.15) is 18.1 Å². The van der Waals surface area contributed by atoms with E-state index >= 15 is 0 Å². The third kappa shape index (κ3) is 5.55. The summed E-state index contributed by atoms with van der Waals surface area (Å²) in [6.07, 6.45) is 1.59. The zero-order valence-electron chi connectivity index (χ0n) is 14.2. The molecule has 25 heavy (non-hydrogen) atoms. The molecule has 0 aliphatic heterocycles. The van der Waals surface area contributed by atoms with E-state index in [0.29, 0.717) is 0 Å². The Labute approximate surface area is 148 Å². The minimum atomic E-state index is -3.84. The molecule has 0 spiro atoms. The van der Waals surface area contributed by atoms with E-state index in [2.05, 4.69) is 4.36 Å². The van der Waals surface area contributed by atoms with Crippen LogP contribution in [0.15, 0.2) is 69.4 Å². The van der Waals surface area contributed by atoms with Gasteiger partial charge in [0.05, 0.1) is 23.6 Å². The molecule has 0 bridgehead atoms. The van der Waals surface area contributed by atoms with Gasteiger partial charge in [0, 0.05) is 0 Å². The van der Waals surface area contributed by atoms with Gasteiger partial charge in [-0.05, 0) is 37.6 Å². The Morgan fingerprint density at radius 2 is 1.76 bits per heavy atom. The van der Waals surface area contributed by atoms with Gasteiger partial charge < -0.3 is 4.74 Å². The van der Waals surface area contributed by atoms with Crippen LogP contribution < -0.4 is 0 Å². The van der Waals surface area contributed by atoms with E-state index < -0.39 is 16.0 Å². The Balaban J connectivity index is 2.33. The smallest absolute Gasteiger partial charge is 0.335 e. The van der Waals surface area contributed by atoms with Gasteiger partial charge >= 0.3 is 5.97 Å². The second-order valence-corrected chi connectivity index (χ2v) is 7.06. The highest BCUT2D eigenvalue weighted by Gasteiger charge is 2.14. The number of carbonyl (C=O) groups is 1. The summed E-state index contributed by atoms with van der Waals surface area (Å²) in [5.41, 5.74) is 1.91. The molecule has 0 aliphatic carbocycles. The Morgan fingerprint density at radius 1 is 1.12 bits per heavy atom. The maximum Gasteiger partial charge on any atom is 0.335 e. The van der Waals surface area contributed by atoms with E-state index in [0.717, 1.165) is 11.1 Å². The van der Waals surface area contributed by atoms with Crippen molar-refractivity contribution in [3.63, 3.8) is 0 Å². The van der Waals surface area contributed by atoms with Crippen molar-refractivity contribution in [3.05, 3.63) is 71.3 Å². The first-order chi connectivity index (χ1) is 11.9. The van der Waals surface area contributed by atoms with Crippen LogP contribution in [0.5, 0.6) is 0 Å². The van der Waals surface area contributed by atoms with Crippen molar-refractivity contribution >= 4 is 22.1 Å². The maximum atomic E-state index is 12.3. The van der Waals surface area contributed by atoms with Crippen molar-refractivity contribution in [3.8, 4) is 0 Å². The zero-order chi connectivity index (χ0) is 18.3. The molecule has 0 aromatic heterocycles. The minimum absolute atomic E-state index is 0.0982. The molecule has 6 heteroatoms. The molecule has 0 heterocycles. The number of nitrogens with zero attached hydrogens (tertiary/aromatic N) is 1. The summed E-state index contributed by atoms with van der Waals surface area (Å²) in [6.45, 7) is 3.49. The summed E-state index contributed by atoms with van der Waals surface area (Å²) in [4.78, 5) is 12.2. The van der Waals surface area contributed by atoms with Gasteiger partial charge in [0.15, 0.2) is 0 Å². The highest BCUT2D eigenvalue weighted by Crippen LogP contribution is 2.15. The van der Waals surface area contributed by atoms with Crippen LogP contribution in [0.25, 0.3) is 6.08 Å².